The van der Waals surface area contributed by atoms with Crippen molar-refractivity contribution in [3.05, 3.63) is 0 Å². The molecule has 0 saturated carbocycles. The van der Waals surface area contributed by atoms with Crippen molar-refractivity contribution in [3.8, 4) is 0 Å². The summed E-state index contributed by atoms with van der Waals surface area (Å²) in [6.07, 6.45) is -2.17. The molecule has 0 N–H and O–H groups in total. The van der Waals surface area contributed by atoms with Gasteiger partial charge in [-0.2, -0.15) is 16.8 Å². The van der Waals surface area contributed by atoms with E-state index < -0.39 is 27.0 Å². The Bertz CT molecular complexity index is 370. The average Bonchev–Trinajstić information content (AvgIpc) is 2.02. The fourth-order valence-electron chi connectivity index (χ4n) is 0.206. The molecule has 18 heavy (non-hydrogen) atoms. The molecule has 0 aromatic carbocycles. The number of rotatable bonds is 4. The number of carbonyl (C=O) groups is 1. The van der Waals surface area contributed by atoms with E-state index >= 15 is 0 Å². The number of hydrogen-bond acceptors (Lipinski definition) is 9. The van der Waals surface area contributed by atoms with Crippen LogP contribution in [0, 0.1) is 0 Å². The molecule has 0 amide bonds. The Balaban J connectivity index is -0.000000141. The van der Waals surface area contributed by atoms with Gasteiger partial charge in [-0.05, 0) is 0 Å². The molecular formula is CH4Cl2K2Na2O9S2. The van der Waals surface area contributed by atoms with E-state index in [2.05, 4.69) is 39.6 Å². The van der Waals surface area contributed by atoms with E-state index in [-0.39, 0.29) is 162 Å². The molecule has 0 aliphatic carbocycles. The number of carbonyl (C=O) groups excluding carboxylic acids is 1. The third kappa shape index (κ3) is 19.0. The summed E-state index contributed by atoms with van der Waals surface area (Å²) in [7, 11) is -9.74. The van der Waals surface area contributed by atoms with Crippen LogP contribution < -0.4 is 0 Å². The van der Waals surface area contributed by atoms with Gasteiger partial charge in [-0.15, -0.1) is 7.47 Å². The Hall–Kier alpha value is 4.94. The number of halogens is 2. The van der Waals surface area contributed by atoms with Gasteiger partial charge in [0.25, 0.3) is 0 Å². The Kier molecular flexibility index (Phi) is 32.0. The molecule has 0 aliphatic rings. The summed E-state index contributed by atoms with van der Waals surface area (Å²) in [6, 6.07) is 0. The maximum absolute atomic E-state index is 10.3. The average molecular weight is 419 g/mol. The van der Waals surface area contributed by atoms with Crippen LogP contribution in [0.15, 0.2) is 0 Å². The van der Waals surface area contributed by atoms with Gasteiger partial charge in [0.15, 0.2) is 0 Å². The SMILES string of the molecule is O=C(OS(=O)(=O)OCl)OS(=O)(=O)OCl.[KH].[KH].[NaH].[NaH]. The minimum absolute atomic E-state index is 0. The van der Waals surface area contributed by atoms with Crippen molar-refractivity contribution in [1.82, 2.24) is 0 Å². The summed E-state index contributed by atoms with van der Waals surface area (Å²) in [5, 5.41) is 0. The van der Waals surface area contributed by atoms with E-state index in [0.29, 0.717) is 0 Å². The van der Waals surface area contributed by atoms with E-state index in [1.165, 1.54) is 0 Å². The topological polar surface area (TPSA) is 122 Å². The van der Waals surface area contributed by atoms with Crippen LogP contribution in [0.5, 0.6) is 0 Å². The Morgan fingerprint density at radius 1 is 0.778 bits per heavy atom. The summed E-state index contributed by atoms with van der Waals surface area (Å²) in [5.74, 6) is 0. The minimum atomic E-state index is -4.87. The van der Waals surface area contributed by atoms with Gasteiger partial charge in [0.1, 0.15) is 0 Å². The first-order valence-electron chi connectivity index (χ1n) is 2.25. The van der Waals surface area contributed by atoms with Crippen molar-refractivity contribution in [2.75, 3.05) is 0 Å². The molecule has 0 radical (unpaired) electrons. The Morgan fingerprint density at radius 2 is 1.00 bits per heavy atom. The molecule has 0 rings (SSSR count). The molecule has 0 aliphatic heterocycles. The maximum atomic E-state index is 10.3. The van der Waals surface area contributed by atoms with Gasteiger partial charge in [0.2, 0.25) is 0 Å². The van der Waals surface area contributed by atoms with E-state index in [9.17, 15) is 21.6 Å². The molecule has 0 spiro atoms. The standard InChI is InChI=1S/CCl2O9S2.2K.2Na.4H/c2-11-13(5,6)9-1(4)10-14(7,8)12-3;;;;;;;;. The molecule has 0 aromatic rings. The van der Waals surface area contributed by atoms with Gasteiger partial charge < -0.3 is 0 Å². The summed E-state index contributed by atoms with van der Waals surface area (Å²) >= 11 is 8.63. The Morgan fingerprint density at radius 3 is 1.17 bits per heavy atom. The van der Waals surface area contributed by atoms with E-state index in [4.69, 9.17) is 0 Å². The third-order valence-corrected chi connectivity index (χ3v) is 2.41. The molecule has 0 aromatic heterocycles. The van der Waals surface area contributed by atoms with E-state index in [0.717, 1.165) is 0 Å². The van der Waals surface area contributed by atoms with Crippen LogP contribution in [0.3, 0.4) is 0 Å². The van der Waals surface area contributed by atoms with Crippen molar-refractivity contribution >= 4 is 213 Å². The first-order valence-corrected chi connectivity index (χ1v) is 5.54. The molecule has 92 valence electrons. The monoisotopic (exact) mass is 418 g/mol. The van der Waals surface area contributed by atoms with Crippen molar-refractivity contribution < 1.29 is 37.5 Å². The van der Waals surface area contributed by atoms with Gasteiger partial charge in [-0.3, -0.25) is 8.37 Å². The second kappa shape index (κ2) is 16.8. The van der Waals surface area contributed by atoms with Crippen LogP contribution in [0.4, 0.5) is 4.79 Å². The van der Waals surface area contributed by atoms with Crippen LogP contribution in [-0.4, -0.2) is 185 Å². The zero-order chi connectivity index (χ0) is 11.4. The quantitative estimate of drug-likeness (QED) is 0.451. The summed E-state index contributed by atoms with van der Waals surface area (Å²) < 4.78 is 53.7. The first-order chi connectivity index (χ1) is 6.22. The molecule has 0 fully saturated rings. The van der Waals surface area contributed by atoms with Gasteiger partial charge >= 0.3 is 189 Å². The predicted molar refractivity (Wildman–Crippen MR) is 67.9 cm³/mol. The second-order valence-corrected chi connectivity index (χ2v) is 4.33. The van der Waals surface area contributed by atoms with Crippen LogP contribution in [0.1, 0.15) is 0 Å². The zero-order valence-electron chi connectivity index (χ0n) is 5.75. The second-order valence-electron chi connectivity index (χ2n) is 1.36. The molecule has 0 bridgehead atoms. The van der Waals surface area contributed by atoms with Crippen LogP contribution >= 0.6 is 23.7 Å². The molecule has 0 unspecified atom stereocenters. The fourth-order valence-corrected chi connectivity index (χ4v) is 0.856. The van der Waals surface area contributed by atoms with E-state index in [1.54, 1.807) is 0 Å². The number of hydrogen-bond donors (Lipinski definition) is 0. The van der Waals surface area contributed by atoms with Crippen LogP contribution in [0.2, 0.25) is 0 Å². The van der Waals surface area contributed by atoms with Crippen LogP contribution in [0.25, 0.3) is 0 Å². The van der Waals surface area contributed by atoms with Crippen molar-refractivity contribution in [2.45, 2.75) is 0 Å². The predicted octanol–water partition coefficient (Wildman–Crippen LogP) is -2.62. The first kappa shape index (κ1) is 34.3. The third-order valence-electron chi connectivity index (χ3n) is 0.495. The molecule has 0 saturated heterocycles. The Labute approximate surface area is 243 Å². The zero-order valence-corrected chi connectivity index (χ0v) is 8.89. The molecular weight excluding hydrogens is 415 g/mol. The fraction of sp³-hybridized carbons (Fsp3) is 0. The van der Waals surface area contributed by atoms with E-state index in [1.807, 2.05) is 0 Å². The van der Waals surface area contributed by atoms with Gasteiger partial charge in [0, 0.05) is 0 Å². The molecule has 9 nitrogen and oxygen atoms in total. The summed E-state index contributed by atoms with van der Waals surface area (Å²) in [4.78, 5) is 10.3. The van der Waals surface area contributed by atoms with Gasteiger partial charge in [-0.1, -0.05) is 0 Å². The molecule has 17 heteroatoms. The molecule has 0 heterocycles. The van der Waals surface area contributed by atoms with Crippen molar-refractivity contribution in [3.63, 3.8) is 0 Å². The summed E-state index contributed by atoms with van der Waals surface area (Å²) in [5.41, 5.74) is 0. The van der Waals surface area contributed by atoms with Crippen molar-refractivity contribution in [1.29, 1.82) is 0 Å². The summed E-state index contributed by atoms with van der Waals surface area (Å²) in [6.45, 7) is 0. The van der Waals surface area contributed by atoms with Gasteiger partial charge in [-0.25, -0.2) is 4.79 Å². The molecule has 0 atom stereocenters. The van der Waals surface area contributed by atoms with Gasteiger partial charge in [0.05, 0.1) is 23.7 Å². The normalized spacial score (nSPS) is 9.44. The van der Waals surface area contributed by atoms with Crippen LogP contribution in [-0.2, 0) is 36.6 Å². The van der Waals surface area contributed by atoms with Crippen molar-refractivity contribution in [2.24, 2.45) is 0 Å².